The van der Waals surface area contributed by atoms with E-state index in [1.807, 2.05) is 0 Å². The number of carbonyl (C=O) groups is 3. The average Bonchev–Trinajstić information content (AvgIpc) is 3.34. The maximum Gasteiger partial charge on any atom is 0.417 e. The maximum absolute atomic E-state index is 13.9. The molecule has 14 heteroatoms. The van der Waals surface area contributed by atoms with Crippen LogP contribution >= 0.6 is 11.6 Å². The minimum atomic E-state index is -1.02. The maximum atomic E-state index is 13.9. The minimum absolute atomic E-state index is 0.0686. The minimum Gasteiger partial charge on any atom is -0.493 e. The quantitative estimate of drug-likeness (QED) is 0.319. The van der Waals surface area contributed by atoms with Gasteiger partial charge in [0, 0.05) is 37.0 Å². The van der Waals surface area contributed by atoms with E-state index in [1.54, 1.807) is 51.2 Å². The number of benzene rings is 1. The summed E-state index contributed by atoms with van der Waals surface area (Å²) in [6, 6.07) is 6.91. The topological polar surface area (TPSA) is 156 Å². The molecule has 0 unspecified atom stereocenters. The molecule has 3 aromatic rings. The van der Waals surface area contributed by atoms with Crippen LogP contribution in [0.1, 0.15) is 36.8 Å². The highest BCUT2D eigenvalue weighted by atomic mass is 35.5. The smallest absolute Gasteiger partial charge is 0.417 e. The molecule has 0 bridgehead atoms. The van der Waals surface area contributed by atoms with Crippen molar-refractivity contribution in [2.24, 2.45) is 0 Å². The van der Waals surface area contributed by atoms with Crippen LogP contribution in [0, 0.1) is 0 Å². The molecular weight excluding hydrogens is 594 g/mol. The van der Waals surface area contributed by atoms with Crippen molar-refractivity contribution < 1.29 is 38.4 Å². The van der Waals surface area contributed by atoms with E-state index in [1.165, 1.54) is 18.2 Å². The first-order valence-corrected chi connectivity index (χ1v) is 14.4. The van der Waals surface area contributed by atoms with Gasteiger partial charge in [-0.15, -0.1) is 0 Å². The van der Waals surface area contributed by atoms with Crippen molar-refractivity contribution in [2.75, 3.05) is 45.3 Å². The number of methoxy groups -OCH3 is 1. The highest BCUT2D eigenvalue weighted by molar-refractivity contribution is 6.32. The lowest BCUT2D eigenvalue weighted by Crippen LogP contribution is -2.47. The monoisotopic (exact) mass is 627 g/mol. The number of para-hydroxylation sites is 1. The SMILES string of the molecule is COc1c(Cl)cccc1Nc1c(-c2ccncc2OC[C@H]2CN(C(=O)O)CCO2)[nH]c2c1C(=O)N(C(=O)OC(C)(C)C)CC2. The number of rotatable bonds is 7. The number of nitrogens with one attached hydrogen (secondary N) is 2. The van der Waals surface area contributed by atoms with Gasteiger partial charge >= 0.3 is 12.2 Å². The van der Waals surface area contributed by atoms with Crippen molar-refractivity contribution in [3.63, 3.8) is 0 Å². The molecule has 0 saturated carbocycles. The Morgan fingerprint density at radius 2 is 2.05 bits per heavy atom. The Balaban J connectivity index is 1.54. The summed E-state index contributed by atoms with van der Waals surface area (Å²) >= 11 is 6.41. The van der Waals surface area contributed by atoms with Crippen LogP contribution in [0.5, 0.6) is 11.5 Å². The van der Waals surface area contributed by atoms with E-state index in [-0.39, 0.29) is 38.4 Å². The second-order valence-electron chi connectivity index (χ2n) is 11.3. The van der Waals surface area contributed by atoms with Gasteiger partial charge in [-0.1, -0.05) is 17.7 Å². The van der Waals surface area contributed by atoms with Gasteiger partial charge in [0.25, 0.3) is 5.91 Å². The molecular formula is C30H34ClN5O8. The third kappa shape index (κ3) is 6.53. The number of ether oxygens (including phenoxy) is 4. The molecule has 0 spiro atoms. The van der Waals surface area contributed by atoms with Crippen LogP contribution < -0.4 is 14.8 Å². The van der Waals surface area contributed by atoms with E-state index in [2.05, 4.69) is 15.3 Å². The Hall–Kier alpha value is -4.49. The summed E-state index contributed by atoms with van der Waals surface area (Å²) in [5, 5.41) is 13.1. The fourth-order valence-corrected chi connectivity index (χ4v) is 5.33. The number of nitrogens with zero attached hydrogens (tertiary/aromatic N) is 3. The number of hydrogen-bond donors (Lipinski definition) is 3. The van der Waals surface area contributed by atoms with Gasteiger partial charge in [-0.25, -0.2) is 14.5 Å². The third-order valence-electron chi connectivity index (χ3n) is 7.05. The van der Waals surface area contributed by atoms with Gasteiger partial charge < -0.3 is 39.3 Å². The molecule has 1 saturated heterocycles. The highest BCUT2D eigenvalue weighted by Crippen LogP contribution is 2.43. The zero-order valence-electron chi connectivity index (χ0n) is 24.8. The fourth-order valence-electron chi connectivity index (χ4n) is 5.08. The number of amides is 3. The molecule has 13 nitrogen and oxygen atoms in total. The fraction of sp³-hybridized carbons (Fsp3) is 0.400. The Morgan fingerprint density at radius 1 is 1.25 bits per heavy atom. The van der Waals surface area contributed by atoms with Gasteiger partial charge in [0.1, 0.15) is 24.1 Å². The molecule has 0 aliphatic carbocycles. The third-order valence-corrected chi connectivity index (χ3v) is 7.35. The van der Waals surface area contributed by atoms with Gasteiger partial charge in [0.15, 0.2) is 5.75 Å². The number of imide groups is 1. The molecule has 2 aliphatic heterocycles. The van der Waals surface area contributed by atoms with Gasteiger partial charge in [-0.2, -0.15) is 0 Å². The number of carbonyl (C=O) groups excluding carboxylic acids is 2. The average molecular weight is 628 g/mol. The predicted molar refractivity (Wildman–Crippen MR) is 161 cm³/mol. The number of pyridine rings is 1. The highest BCUT2D eigenvalue weighted by Gasteiger charge is 2.37. The molecule has 4 heterocycles. The van der Waals surface area contributed by atoms with Crippen molar-refractivity contribution in [2.45, 2.75) is 38.9 Å². The van der Waals surface area contributed by atoms with E-state index in [4.69, 9.17) is 30.5 Å². The number of aromatic amines is 1. The zero-order chi connectivity index (χ0) is 31.6. The van der Waals surface area contributed by atoms with Crippen LogP contribution in [-0.2, 0) is 15.9 Å². The van der Waals surface area contributed by atoms with E-state index < -0.39 is 29.8 Å². The van der Waals surface area contributed by atoms with Crippen LogP contribution in [-0.4, -0.2) is 94.6 Å². The lowest BCUT2D eigenvalue weighted by Gasteiger charge is -2.30. The predicted octanol–water partition coefficient (Wildman–Crippen LogP) is 5.17. The largest absolute Gasteiger partial charge is 0.493 e. The van der Waals surface area contributed by atoms with Crippen LogP contribution in [0.4, 0.5) is 21.0 Å². The number of hydrogen-bond acceptors (Lipinski definition) is 9. The molecule has 1 atom stereocenters. The molecule has 5 rings (SSSR count). The van der Waals surface area contributed by atoms with Crippen LogP contribution in [0.25, 0.3) is 11.3 Å². The van der Waals surface area contributed by atoms with Gasteiger partial charge in [-0.3, -0.25) is 9.78 Å². The summed E-state index contributed by atoms with van der Waals surface area (Å²) in [5.41, 5.74) is 2.03. The lowest BCUT2D eigenvalue weighted by atomic mass is 10.0. The summed E-state index contributed by atoms with van der Waals surface area (Å²) in [6.45, 7) is 6.11. The Bertz CT molecular complexity index is 1570. The summed E-state index contributed by atoms with van der Waals surface area (Å²) in [7, 11) is 1.49. The van der Waals surface area contributed by atoms with Gasteiger partial charge in [0.2, 0.25) is 0 Å². The Morgan fingerprint density at radius 3 is 2.77 bits per heavy atom. The number of aromatic nitrogens is 2. The van der Waals surface area contributed by atoms with E-state index in [9.17, 15) is 19.5 Å². The first-order chi connectivity index (χ1) is 21.0. The molecule has 0 radical (unpaired) electrons. The number of carboxylic acid groups (broad SMARTS) is 1. The van der Waals surface area contributed by atoms with Gasteiger partial charge in [0.05, 0.1) is 54.1 Å². The number of fused-ring (bicyclic) bond motifs is 1. The molecule has 234 valence electrons. The molecule has 1 aromatic carbocycles. The summed E-state index contributed by atoms with van der Waals surface area (Å²) in [4.78, 5) is 48.3. The van der Waals surface area contributed by atoms with E-state index in [0.717, 1.165) is 4.90 Å². The Labute approximate surface area is 259 Å². The van der Waals surface area contributed by atoms with Crippen LogP contribution in [0.2, 0.25) is 5.02 Å². The zero-order valence-corrected chi connectivity index (χ0v) is 25.6. The molecule has 1 fully saturated rings. The molecule has 2 aromatic heterocycles. The van der Waals surface area contributed by atoms with Crippen molar-refractivity contribution in [1.29, 1.82) is 0 Å². The Kier molecular flexibility index (Phi) is 8.88. The molecule has 3 N–H and O–H groups in total. The van der Waals surface area contributed by atoms with Crippen molar-refractivity contribution >= 4 is 41.1 Å². The van der Waals surface area contributed by atoms with Gasteiger partial charge in [-0.05, 0) is 39.0 Å². The normalized spacial score (nSPS) is 16.8. The second-order valence-corrected chi connectivity index (χ2v) is 11.7. The first-order valence-electron chi connectivity index (χ1n) is 14.0. The molecule has 44 heavy (non-hydrogen) atoms. The molecule has 3 amide bonds. The summed E-state index contributed by atoms with van der Waals surface area (Å²) in [6.07, 6.45) is 1.23. The number of morpholine rings is 1. The van der Waals surface area contributed by atoms with E-state index in [0.29, 0.717) is 51.3 Å². The number of H-pyrrole nitrogens is 1. The van der Waals surface area contributed by atoms with Crippen LogP contribution in [0.3, 0.4) is 0 Å². The van der Waals surface area contributed by atoms with Crippen LogP contribution in [0.15, 0.2) is 36.7 Å². The first kappa shape index (κ1) is 31.0. The molecule has 2 aliphatic rings. The standard InChI is InChI=1S/C30H34ClN5O8/c1-30(2,3)44-29(40)36-11-9-20-23(27(36)37)25(34-21-7-5-6-19(31)26(21)41-4)24(33-20)18-8-10-32-14-22(18)43-16-17-15-35(28(38)39)12-13-42-17/h5-8,10,14,17,33-34H,9,11-13,15-16H2,1-4H3,(H,38,39)/t17-/m1/s1. The van der Waals surface area contributed by atoms with Crippen molar-refractivity contribution in [1.82, 2.24) is 19.8 Å². The second kappa shape index (κ2) is 12.6. The summed E-state index contributed by atoms with van der Waals surface area (Å²) < 4.78 is 22.9. The number of anilines is 2. The van der Waals surface area contributed by atoms with E-state index >= 15 is 0 Å². The summed E-state index contributed by atoms with van der Waals surface area (Å²) in [5.74, 6) is 0.207. The van der Waals surface area contributed by atoms with Crippen molar-refractivity contribution in [3.8, 4) is 22.8 Å². The van der Waals surface area contributed by atoms with Crippen molar-refractivity contribution in [3.05, 3.63) is 52.9 Å². The lowest BCUT2D eigenvalue weighted by molar-refractivity contribution is -0.0411. The number of halogens is 1.